The van der Waals surface area contributed by atoms with Crippen LogP contribution in [0.2, 0.25) is 0 Å². The van der Waals surface area contributed by atoms with Gasteiger partial charge in [-0.15, -0.1) is 0 Å². The van der Waals surface area contributed by atoms with E-state index in [-0.39, 0.29) is 0 Å². The number of nitrogens with one attached hydrogen (secondary N) is 1. The zero-order chi connectivity index (χ0) is 24.2. The summed E-state index contributed by atoms with van der Waals surface area (Å²) in [4.78, 5) is 18.7. The van der Waals surface area contributed by atoms with Gasteiger partial charge in [-0.2, -0.15) is 5.26 Å². The van der Waals surface area contributed by atoms with Crippen molar-refractivity contribution in [1.29, 1.82) is 5.26 Å². The number of pyridine rings is 2. The van der Waals surface area contributed by atoms with E-state index in [1.54, 1.807) is 18.6 Å². The van der Waals surface area contributed by atoms with Crippen molar-refractivity contribution in [2.24, 2.45) is 12.0 Å². The zero-order valence-corrected chi connectivity index (χ0v) is 19.5. The SMILES string of the molecule is CCc1cc(C#N)ncc1Nc1cc2c(ncn2C)c(N=C(c2ccccc2)c2ccccc2)n1. The van der Waals surface area contributed by atoms with Crippen LogP contribution in [0.1, 0.15) is 29.3 Å². The maximum Gasteiger partial charge on any atom is 0.183 e. The van der Waals surface area contributed by atoms with Crippen LogP contribution in [0.3, 0.4) is 0 Å². The minimum Gasteiger partial charge on any atom is -0.339 e. The number of nitriles is 1. The molecule has 3 heterocycles. The van der Waals surface area contributed by atoms with E-state index in [0.717, 1.165) is 45.5 Å². The van der Waals surface area contributed by atoms with Crippen molar-refractivity contribution in [2.45, 2.75) is 13.3 Å². The van der Waals surface area contributed by atoms with Crippen LogP contribution in [0.5, 0.6) is 0 Å². The summed E-state index contributed by atoms with van der Waals surface area (Å²) in [6.07, 6.45) is 4.19. The summed E-state index contributed by atoms with van der Waals surface area (Å²) in [6, 6.07) is 26.0. The number of hydrogen-bond donors (Lipinski definition) is 1. The highest BCUT2D eigenvalue weighted by Crippen LogP contribution is 2.29. The van der Waals surface area contributed by atoms with Gasteiger partial charge < -0.3 is 9.88 Å². The average Bonchev–Trinajstić information content (AvgIpc) is 3.29. The molecule has 170 valence electrons. The second-order valence-electron chi connectivity index (χ2n) is 8.06. The van der Waals surface area contributed by atoms with Gasteiger partial charge in [0.2, 0.25) is 0 Å². The maximum absolute atomic E-state index is 9.20. The van der Waals surface area contributed by atoms with E-state index in [1.807, 2.05) is 85.3 Å². The molecule has 0 atom stereocenters. The van der Waals surface area contributed by atoms with Crippen molar-refractivity contribution in [1.82, 2.24) is 19.5 Å². The average molecular weight is 458 g/mol. The number of aromatic nitrogens is 4. The fourth-order valence-corrected chi connectivity index (χ4v) is 3.95. The second kappa shape index (κ2) is 9.57. The molecule has 2 aromatic carbocycles. The molecule has 0 unspecified atom stereocenters. The zero-order valence-electron chi connectivity index (χ0n) is 19.5. The standard InChI is InChI=1S/C28H23N7/c1-3-19-14-22(16-29)30-17-23(19)32-25-15-24-27(31-18-35(24)2)28(33-25)34-26(20-10-6-4-7-11-20)21-12-8-5-9-13-21/h4-15,17-18H,3H2,1-2H3,(H,32,33). The molecule has 5 aromatic rings. The van der Waals surface area contributed by atoms with Crippen LogP contribution in [0.15, 0.2) is 90.3 Å². The normalized spacial score (nSPS) is 10.7. The molecular formula is C28H23N7. The molecule has 0 aliphatic carbocycles. The Bertz CT molecular complexity index is 1520. The van der Waals surface area contributed by atoms with Crippen LogP contribution in [-0.2, 0) is 13.5 Å². The number of fused-ring (bicyclic) bond motifs is 1. The molecule has 0 amide bonds. The van der Waals surface area contributed by atoms with Gasteiger partial charge in [-0.1, -0.05) is 67.6 Å². The summed E-state index contributed by atoms with van der Waals surface area (Å²) in [5, 5.41) is 12.6. The van der Waals surface area contributed by atoms with Crippen molar-refractivity contribution in [3.63, 3.8) is 0 Å². The predicted octanol–water partition coefficient (Wildman–Crippen LogP) is 5.71. The first kappa shape index (κ1) is 22.0. The number of aryl methyl sites for hydroxylation is 2. The first-order chi connectivity index (χ1) is 17.2. The number of hydrogen-bond acceptors (Lipinski definition) is 6. The van der Waals surface area contributed by atoms with E-state index in [9.17, 15) is 5.26 Å². The van der Waals surface area contributed by atoms with Crippen molar-refractivity contribution in [3.8, 4) is 6.07 Å². The largest absolute Gasteiger partial charge is 0.339 e. The number of imidazole rings is 1. The van der Waals surface area contributed by atoms with E-state index in [0.29, 0.717) is 17.3 Å². The molecule has 0 aliphatic rings. The predicted molar refractivity (Wildman–Crippen MR) is 138 cm³/mol. The minimum atomic E-state index is 0.392. The number of benzene rings is 2. The molecule has 35 heavy (non-hydrogen) atoms. The molecule has 0 saturated heterocycles. The second-order valence-corrected chi connectivity index (χ2v) is 8.06. The molecule has 0 fully saturated rings. The van der Waals surface area contributed by atoms with Crippen LogP contribution in [0.4, 0.5) is 17.3 Å². The van der Waals surface area contributed by atoms with E-state index in [2.05, 4.69) is 21.4 Å². The summed E-state index contributed by atoms with van der Waals surface area (Å²) in [7, 11) is 1.95. The van der Waals surface area contributed by atoms with Crippen molar-refractivity contribution < 1.29 is 0 Å². The minimum absolute atomic E-state index is 0.392. The Morgan fingerprint density at radius 1 is 1.00 bits per heavy atom. The monoisotopic (exact) mass is 457 g/mol. The lowest BCUT2D eigenvalue weighted by atomic mass is 10.0. The van der Waals surface area contributed by atoms with Crippen molar-refractivity contribution in [3.05, 3.63) is 108 Å². The molecule has 7 nitrogen and oxygen atoms in total. The molecule has 5 rings (SSSR count). The van der Waals surface area contributed by atoms with Gasteiger partial charge in [0.15, 0.2) is 5.82 Å². The van der Waals surface area contributed by atoms with Gasteiger partial charge in [-0.25, -0.2) is 19.9 Å². The highest BCUT2D eigenvalue weighted by molar-refractivity contribution is 6.14. The number of anilines is 2. The lowest BCUT2D eigenvalue weighted by Gasteiger charge is -2.12. The number of rotatable bonds is 6. The van der Waals surface area contributed by atoms with Gasteiger partial charge >= 0.3 is 0 Å². The van der Waals surface area contributed by atoms with Crippen molar-refractivity contribution >= 4 is 34.1 Å². The highest BCUT2D eigenvalue weighted by atomic mass is 15.1. The van der Waals surface area contributed by atoms with Gasteiger partial charge in [0, 0.05) is 24.2 Å². The van der Waals surface area contributed by atoms with Gasteiger partial charge in [-0.05, 0) is 18.1 Å². The molecule has 3 aromatic heterocycles. The van der Waals surface area contributed by atoms with Crippen LogP contribution in [0.25, 0.3) is 11.0 Å². The first-order valence-electron chi connectivity index (χ1n) is 11.3. The third-order valence-electron chi connectivity index (χ3n) is 5.75. The molecule has 0 radical (unpaired) electrons. The molecule has 7 heteroatoms. The molecule has 0 aliphatic heterocycles. The molecular weight excluding hydrogens is 434 g/mol. The van der Waals surface area contributed by atoms with E-state index >= 15 is 0 Å². The Balaban J connectivity index is 1.67. The maximum atomic E-state index is 9.20. The Morgan fingerprint density at radius 3 is 2.31 bits per heavy atom. The lowest BCUT2D eigenvalue weighted by Crippen LogP contribution is -2.04. The molecule has 0 bridgehead atoms. The van der Waals surface area contributed by atoms with Gasteiger partial charge in [-0.3, -0.25) is 0 Å². The summed E-state index contributed by atoms with van der Waals surface area (Å²) in [5.74, 6) is 1.15. The number of nitrogens with zero attached hydrogens (tertiary/aromatic N) is 6. The molecule has 1 N–H and O–H groups in total. The quantitative estimate of drug-likeness (QED) is 0.330. The summed E-state index contributed by atoms with van der Waals surface area (Å²) >= 11 is 0. The van der Waals surface area contributed by atoms with Crippen LogP contribution in [0, 0.1) is 11.3 Å². The smallest absolute Gasteiger partial charge is 0.183 e. The summed E-state index contributed by atoms with van der Waals surface area (Å²) in [5.41, 5.74) is 6.61. The lowest BCUT2D eigenvalue weighted by molar-refractivity contribution is 0.947. The van der Waals surface area contributed by atoms with Crippen LogP contribution in [-0.4, -0.2) is 25.2 Å². The first-order valence-corrected chi connectivity index (χ1v) is 11.3. The topological polar surface area (TPSA) is 91.8 Å². The Hall–Kier alpha value is -4.83. The third-order valence-corrected chi connectivity index (χ3v) is 5.75. The van der Waals surface area contributed by atoms with Gasteiger partial charge in [0.05, 0.1) is 29.4 Å². The molecule has 0 saturated carbocycles. The van der Waals surface area contributed by atoms with E-state index in [4.69, 9.17) is 9.98 Å². The summed E-state index contributed by atoms with van der Waals surface area (Å²) in [6.45, 7) is 2.04. The fourth-order valence-electron chi connectivity index (χ4n) is 3.95. The fraction of sp³-hybridized carbons (Fsp3) is 0.107. The number of aliphatic imine (C=N–C) groups is 1. The molecule has 0 spiro atoms. The van der Waals surface area contributed by atoms with Crippen LogP contribution < -0.4 is 5.32 Å². The van der Waals surface area contributed by atoms with Gasteiger partial charge in [0.1, 0.15) is 23.1 Å². The van der Waals surface area contributed by atoms with E-state index in [1.165, 1.54) is 0 Å². The third kappa shape index (κ3) is 4.50. The summed E-state index contributed by atoms with van der Waals surface area (Å²) < 4.78 is 1.95. The Morgan fingerprint density at radius 2 is 1.69 bits per heavy atom. The Labute approximate surface area is 203 Å². The Kier molecular flexibility index (Phi) is 6.01. The van der Waals surface area contributed by atoms with Gasteiger partial charge in [0.25, 0.3) is 0 Å². The van der Waals surface area contributed by atoms with E-state index < -0.39 is 0 Å². The van der Waals surface area contributed by atoms with Crippen LogP contribution >= 0.6 is 0 Å². The van der Waals surface area contributed by atoms with Crippen molar-refractivity contribution in [2.75, 3.05) is 5.32 Å². The highest BCUT2D eigenvalue weighted by Gasteiger charge is 2.14.